The molecular weight excluding hydrogens is 352 g/mol. The van der Waals surface area contributed by atoms with E-state index < -0.39 is 0 Å². The normalized spacial score (nSPS) is 10.8. The molecular formula is C20H21ClN2OS. The van der Waals surface area contributed by atoms with Gasteiger partial charge in [0.25, 0.3) is 0 Å². The third kappa shape index (κ3) is 5.30. The second-order valence-corrected chi connectivity index (χ2v) is 7.18. The van der Waals surface area contributed by atoms with Crippen molar-refractivity contribution in [3.8, 4) is 16.2 Å². The van der Waals surface area contributed by atoms with Crippen LogP contribution in [0.25, 0.3) is 10.4 Å². The summed E-state index contributed by atoms with van der Waals surface area (Å²) in [5.41, 5.74) is 2.42. The van der Waals surface area contributed by atoms with Gasteiger partial charge in [-0.1, -0.05) is 23.7 Å². The Morgan fingerprint density at radius 2 is 2.00 bits per heavy atom. The maximum Gasteiger partial charge on any atom is 0.119 e. The Hall–Kier alpha value is -1.88. The average molecular weight is 373 g/mol. The summed E-state index contributed by atoms with van der Waals surface area (Å²) in [6, 6.07) is 16.2. The zero-order valence-electron chi connectivity index (χ0n) is 14.2. The molecule has 0 unspecified atom stereocenters. The Morgan fingerprint density at radius 3 is 2.76 bits per heavy atom. The monoisotopic (exact) mass is 372 g/mol. The highest BCUT2D eigenvalue weighted by Crippen LogP contribution is 2.27. The van der Waals surface area contributed by atoms with Gasteiger partial charge in [0.05, 0.1) is 11.5 Å². The predicted octanol–water partition coefficient (Wildman–Crippen LogP) is 5.19. The Bertz CT molecular complexity index is 801. The van der Waals surface area contributed by atoms with Crippen molar-refractivity contribution in [3.63, 3.8) is 0 Å². The van der Waals surface area contributed by atoms with Crippen LogP contribution in [-0.4, -0.2) is 18.1 Å². The zero-order chi connectivity index (χ0) is 17.5. The van der Waals surface area contributed by atoms with E-state index in [9.17, 15) is 0 Å². The fourth-order valence-corrected chi connectivity index (χ4v) is 3.63. The third-order valence-corrected chi connectivity index (χ3v) is 5.04. The van der Waals surface area contributed by atoms with E-state index in [2.05, 4.69) is 28.5 Å². The van der Waals surface area contributed by atoms with Crippen molar-refractivity contribution in [2.75, 3.05) is 13.2 Å². The summed E-state index contributed by atoms with van der Waals surface area (Å²) in [5, 5.41) is 5.33. The molecule has 25 heavy (non-hydrogen) atoms. The first-order valence-corrected chi connectivity index (χ1v) is 9.57. The molecule has 1 heterocycles. The molecule has 2 aromatic carbocycles. The minimum Gasteiger partial charge on any atom is -0.494 e. The van der Waals surface area contributed by atoms with Crippen molar-refractivity contribution in [2.45, 2.75) is 19.9 Å². The largest absolute Gasteiger partial charge is 0.494 e. The zero-order valence-corrected chi connectivity index (χ0v) is 15.7. The number of ether oxygens (including phenoxy) is 1. The Kier molecular flexibility index (Phi) is 6.45. The van der Waals surface area contributed by atoms with E-state index in [1.165, 1.54) is 16.0 Å². The van der Waals surface area contributed by atoms with Gasteiger partial charge in [-0.3, -0.25) is 0 Å². The third-order valence-electron chi connectivity index (χ3n) is 3.76. The van der Waals surface area contributed by atoms with E-state index in [0.717, 1.165) is 35.3 Å². The number of benzene rings is 2. The van der Waals surface area contributed by atoms with Gasteiger partial charge in [0.1, 0.15) is 10.8 Å². The topological polar surface area (TPSA) is 34.1 Å². The minimum absolute atomic E-state index is 0.685. The second-order valence-electron chi connectivity index (χ2n) is 5.63. The summed E-state index contributed by atoms with van der Waals surface area (Å²) < 4.78 is 5.48. The lowest BCUT2D eigenvalue weighted by Gasteiger charge is -2.04. The number of hydrogen-bond donors (Lipinski definition) is 1. The fraction of sp³-hybridized carbons (Fsp3) is 0.250. The van der Waals surface area contributed by atoms with Gasteiger partial charge in [0.2, 0.25) is 0 Å². The van der Waals surface area contributed by atoms with Crippen LogP contribution in [-0.2, 0) is 13.0 Å². The van der Waals surface area contributed by atoms with E-state index in [1.807, 2.05) is 43.5 Å². The average Bonchev–Trinajstić information content (AvgIpc) is 3.09. The highest BCUT2D eigenvalue weighted by molar-refractivity contribution is 7.15. The molecule has 3 aromatic rings. The van der Waals surface area contributed by atoms with Gasteiger partial charge in [-0.2, -0.15) is 0 Å². The smallest absolute Gasteiger partial charge is 0.119 e. The molecule has 0 amide bonds. The lowest BCUT2D eigenvalue weighted by Crippen LogP contribution is -2.16. The fourth-order valence-electron chi connectivity index (χ4n) is 2.53. The molecule has 3 rings (SSSR count). The van der Waals surface area contributed by atoms with E-state index in [1.54, 1.807) is 11.3 Å². The molecule has 1 aromatic heterocycles. The molecule has 130 valence electrons. The summed E-state index contributed by atoms with van der Waals surface area (Å²) in [5.74, 6) is 0.902. The van der Waals surface area contributed by atoms with E-state index in [4.69, 9.17) is 16.3 Å². The highest BCUT2D eigenvalue weighted by Gasteiger charge is 2.05. The number of halogens is 1. The van der Waals surface area contributed by atoms with Gasteiger partial charge >= 0.3 is 0 Å². The number of nitrogens with zero attached hydrogens (tertiary/aromatic N) is 1. The van der Waals surface area contributed by atoms with Crippen LogP contribution in [0.4, 0.5) is 0 Å². The highest BCUT2D eigenvalue weighted by atomic mass is 35.5. The van der Waals surface area contributed by atoms with E-state index >= 15 is 0 Å². The first-order valence-electron chi connectivity index (χ1n) is 8.37. The Balaban J connectivity index is 1.49. The SMILES string of the molecule is CCOc1ccc(-c2cnc(CNCCc3cccc(Cl)c3)s2)cc1. The van der Waals surface area contributed by atoms with Gasteiger partial charge in [0.15, 0.2) is 0 Å². The molecule has 0 fully saturated rings. The van der Waals surface area contributed by atoms with Crippen LogP contribution in [0.1, 0.15) is 17.5 Å². The predicted molar refractivity (Wildman–Crippen MR) is 106 cm³/mol. The van der Waals surface area contributed by atoms with Gasteiger partial charge in [-0.15, -0.1) is 11.3 Å². The first kappa shape index (κ1) is 17.9. The molecule has 0 aliphatic carbocycles. The van der Waals surface area contributed by atoms with Gasteiger partial charge in [-0.25, -0.2) is 4.98 Å². The van der Waals surface area contributed by atoms with Crippen molar-refractivity contribution in [1.82, 2.24) is 10.3 Å². The van der Waals surface area contributed by atoms with Crippen LogP contribution in [0.2, 0.25) is 5.02 Å². The van der Waals surface area contributed by atoms with Crippen molar-refractivity contribution >= 4 is 22.9 Å². The summed E-state index contributed by atoms with van der Waals surface area (Å²) >= 11 is 7.72. The summed E-state index contributed by atoms with van der Waals surface area (Å²) in [6.07, 6.45) is 2.89. The van der Waals surface area contributed by atoms with Gasteiger partial charge in [-0.05, 0) is 67.4 Å². The van der Waals surface area contributed by atoms with E-state index in [0.29, 0.717) is 6.61 Å². The molecule has 0 aliphatic rings. The quantitative estimate of drug-likeness (QED) is 0.552. The van der Waals surface area contributed by atoms with Crippen molar-refractivity contribution in [3.05, 3.63) is 70.3 Å². The summed E-state index contributed by atoms with van der Waals surface area (Å²) in [6.45, 7) is 4.36. The molecule has 0 aliphatic heterocycles. The second kappa shape index (κ2) is 8.99. The van der Waals surface area contributed by atoms with Crippen molar-refractivity contribution in [2.24, 2.45) is 0 Å². The number of aromatic nitrogens is 1. The van der Waals surface area contributed by atoms with Crippen LogP contribution < -0.4 is 10.1 Å². The molecule has 0 saturated heterocycles. The summed E-state index contributed by atoms with van der Waals surface area (Å²) in [4.78, 5) is 5.69. The number of hydrogen-bond acceptors (Lipinski definition) is 4. The maximum absolute atomic E-state index is 6.01. The number of thiazole rings is 1. The van der Waals surface area contributed by atoms with Crippen LogP contribution in [0.3, 0.4) is 0 Å². The molecule has 0 spiro atoms. The number of rotatable bonds is 8. The van der Waals surface area contributed by atoms with Crippen LogP contribution in [0.15, 0.2) is 54.7 Å². The number of nitrogens with one attached hydrogen (secondary N) is 1. The first-order chi connectivity index (χ1) is 12.2. The van der Waals surface area contributed by atoms with E-state index in [-0.39, 0.29) is 0 Å². The molecule has 0 atom stereocenters. The van der Waals surface area contributed by atoms with Crippen LogP contribution >= 0.6 is 22.9 Å². The standard InChI is InChI=1S/C20H21ClN2OS/c1-2-24-18-8-6-16(7-9-18)19-13-23-20(25-19)14-22-11-10-15-4-3-5-17(21)12-15/h3-9,12-13,22H,2,10-11,14H2,1H3. The molecule has 5 heteroatoms. The molecule has 3 nitrogen and oxygen atoms in total. The van der Waals surface area contributed by atoms with Crippen molar-refractivity contribution in [1.29, 1.82) is 0 Å². The Labute approximate surface area is 157 Å². The molecule has 0 saturated carbocycles. The molecule has 0 bridgehead atoms. The minimum atomic E-state index is 0.685. The molecule has 0 radical (unpaired) electrons. The van der Waals surface area contributed by atoms with Crippen molar-refractivity contribution < 1.29 is 4.74 Å². The summed E-state index contributed by atoms with van der Waals surface area (Å²) in [7, 11) is 0. The van der Waals surface area contributed by atoms with Crippen LogP contribution in [0.5, 0.6) is 5.75 Å². The lowest BCUT2D eigenvalue weighted by atomic mass is 10.1. The lowest BCUT2D eigenvalue weighted by molar-refractivity contribution is 0.340. The van der Waals surface area contributed by atoms with Gasteiger partial charge < -0.3 is 10.1 Å². The van der Waals surface area contributed by atoms with Gasteiger partial charge in [0, 0.05) is 17.8 Å². The Morgan fingerprint density at radius 1 is 1.16 bits per heavy atom. The molecule has 1 N–H and O–H groups in total. The van der Waals surface area contributed by atoms with Crippen LogP contribution in [0, 0.1) is 0 Å². The maximum atomic E-state index is 6.01.